The lowest BCUT2D eigenvalue weighted by molar-refractivity contribution is 0.599. The van der Waals surface area contributed by atoms with Crippen LogP contribution in [0.5, 0.6) is 0 Å². The molecule has 0 amide bonds. The van der Waals surface area contributed by atoms with Crippen LogP contribution in [0.15, 0.2) is 24.3 Å². The molecule has 0 saturated heterocycles. The normalized spacial score (nSPS) is 15.3. The molecular formula is C19H18Cl4N4. The molecule has 3 aromatic rings. The number of imidazole rings is 1. The van der Waals surface area contributed by atoms with E-state index in [1.54, 1.807) is 12.1 Å². The molecule has 0 spiro atoms. The minimum absolute atomic E-state index is 0.0800. The van der Waals surface area contributed by atoms with Gasteiger partial charge in [0.15, 0.2) is 0 Å². The van der Waals surface area contributed by atoms with Gasteiger partial charge in [0.25, 0.3) is 0 Å². The molecule has 1 aliphatic rings. The minimum Gasteiger partial charge on any atom is -0.324 e. The van der Waals surface area contributed by atoms with E-state index in [0.717, 1.165) is 48.5 Å². The third kappa shape index (κ3) is 3.18. The topological polar surface area (TPSA) is 47.1 Å². The molecule has 0 saturated carbocycles. The molecule has 27 heavy (non-hydrogen) atoms. The number of benzene rings is 2. The van der Waals surface area contributed by atoms with E-state index >= 15 is 0 Å². The molecule has 0 fully saturated rings. The van der Waals surface area contributed by atoms with Gasteiger partial charge in [0.05, 0.1) is 26.3 Å². The molecule has 1 unspecified atom stereocenters. The average Bonchev–Trinajstić information content (AvgIpc) is 3.02. The summed E-state index contributed by atoms with van der Waals surface area (Å²) in [6.45, 7) is 3.64. The zero-order valence-corrected chi connectivity index (χ0v) is 17.7. The molecule has 8 heteroatoms. The maximum atomic E-state index is 6.48. The fraction of sp³-hybridized carbons (Fsp3) is 0.316. The third-order valence-corrected chi connectivity index (χ3v) is 6.05. The zero-order valence-electron chi connectivity index (χ0n) is 14.6. The molecule has 0 bridgehead atoms. The summed E-state index contributed by atoms with van der Waals surface area (Å²) in [4.78, 5) is 6.87. The highest BCUT2D eigenvalue weighted by molar-refractivity contribution is 6.42. The molecule has 0 aliphatic carbocycles. The maximum absolute atomic E-state index is 6.48. The molecule has 1 aliphatic heterocycles. The SMILES string of the molecule is CCC(N)c1ccc(Cl)c2nc3n(c12)CCCN3c1c(Cl)cc(Cl)cc1Cl. The van der Waals surface area contributed by atoms with Crippen molar-refractivity contribution in [3.8, 4) is 0 Å². The smallest absolute Gasteiger partial charge is 0.211 e. The summed E-state index contributed by atoms with van der Waals surface area (Å²) in [7, 11) is 0. The number of halogens is 4. The van der Waals surface area contributed by atoms with Crippen molar-refractivity contribution >= 4 is 69.1 Å². The van der Waals surface area contributed by atoms with Crippen LogP contribution < -0.4 is 10.6 Å². The zero-order chi connectivity index (χ0) is 19.3. The minimum atomic E-state index is -0.0800. The molecule has 2 aromatic carbocycles. The Balaban J connectivity index is 1.97. The predicted molar refractivity (Wildman–Crippen MR) is 115 cm³/mol. The Morgan fingerprint density at radius 2 is 1.78 bits per heavy atom. The molecule has 2 heterocycles. The van der Waals surface area contributed by atoms with E-state index in [1.807, 2.05) is 17.0 Å². The van der Waals surface area contributed by atoms with Gasteiger partial charge in [0.2, 0.25) is 5.95 Å². The molecule has 0 radical (unpaired) electrons. The van der Waals surface area contributed by atoms with Crippen LogP contribution in [-0.4, -0.2) is 16.1 Å². The summed E-state index contributed by atoms with van der Waals surface area (Å²) in [6.07, 6.45) is 1.75. The summed E-state index contributed by atoms with van der Waals surface area (Å²) >= 11 is 25.5. The van der Waals surface area contributed by atoms with E-state index in [0.29, 0.717) is 25.8 Å². The fourth-order valence-corrected chi connectivity index (χ4v) is 4.86. The summed E-state index contributed by atoms with van der Waals surface area (Å²) < 4.78 is 2.16. The fourth-order valence-electron chi connectivity index (χ4n) is 3.65. The molecule has 1 atom stereocenters. The Hall–Kier alpha value is -1.17. The van der Waals surface area contributed by atoms with Gasteiger partial charge in [0, 0.05) is 24.2 Å². The summed E-state index contributed by atoms with van der Waals surface area (Å²) in [6, 6.07) is 7.16. The van der Waals surface area contributed by atoms with Crippen molar-refractivity contribution in [2.24, 2.45) is 5.73 Å². The highest BCUT2D eigenvalue weighted by Gasteiger charge is 2.28. The van der Waals surface area contributed by atoms with Crippen LogP contribution in [0.4, 0.5) is 11.6 Å². The van der Waals surface area contributed by atoms with E-state index in [9.17, 15) is 0 Å². The second kappa shape index (κ2) is 7.34. The Labute approximate surface area is 177 Å². The van der Waals surface area contributed by atoms with E-state index < -0.39 is 0 Å². The van der Waals surface area contributed by atoms with Crippen molar-refractivity contribution in [2.75, 3.05) is 11.4 Å². The summed E-state index contributed by atoms with van der Waals surface area (Å²) in [5.41, 5.74) is 9.85. The molecule has 1 aromatic heterocycles. The first kappa shape index (κ1) is 19.2. The Bertz CT molecular complexity index is 1010. The second-order valence-corrected chi connectivity index (χ2v) is 8.29. The monoisotopic (exact) mass is 442 g/mol. The lowest BCUT2D eigenvalue weighted by Crippen LogP contribution is -2.29. The van der Waals surface area contributed by atoms with Gasteiger partial charge in [-0.05, 0) is 36.6 Å². The van der Waals surface area contributed by atoms with Crippen LogP contribution in [0.1, 0.15) is 31.4 Å². The van der Waals surface area contributed by atoms with Crippen LogP contribution in [0.2, 0.25) is 20.1 Å². The number of aryl methyl sites for hydroxylation is 1. The standard InChI is InChI=1S/C19H18Cl4N4/c1-2-15(24)11-4-5-12(21)16-17(11)26-6-3-7-27(19(26)25-16)18-13(22)8-10(20)9-14(18)23/h4-5,8-9,15H,2-3,6-7,24H2,1H3. The highest BCUT2D eigenvalue weighted by atomic mass is 35.5. The third-order valence-electron chi connectivity index (χ3n) is 4.95. The lowest BCUT2D eigenvalue weighted by Gasteiger charge is -2.31. The van der Waals surface area contributed by atoms with Crippen molar-refractivity contribution < 1.29 is 0 Å². The van der Waals surface area contributed by atoms with Gasteiger partial charge in [-0.25, -0.2) is 4.98 Å². The summed E-state index contributed by atoms with van der Waals surface area (Å²) in [5.74, 6) is 0.764. The highest BCUT2D eigenvalue weighted by Crippen LogP contribution is 2.43. The van der Waals surface area contributed by atoms with Crippen LogP contribution in [0.25, 0.3) is 11.0 Å². The van der Waals surface area contributed by atoms with Crippen molar-refractivity contribution in [1.82, 2.24) is 9.55 Å². The van der Waals surface area contributed by atoms with E-state index in [-0.39, 0.29) is 6.04 Å². The second-order valence-electron chi connectivity index (χ2n) is 6.64. The Morgan fingerprint density at radius 1 is 1.07 bits per heavy atom. The van der Waals surface area contributed by atoms with Gasteiger partial charge < -0.3 is 15.2 Å². The predicted octanol–water partition coefficient (Wildman–Crippen LogP) is 6.60. The Morgan fingerprint density at radius 3 is 2.44 bits per heavy atom. The first-order valence-corrected chi connectivity index (χ1v) is 10.3. The van der Waals surface area contributed by atoms with Gasteiger partial charge in [-0.3, -0.25) is 0 Å². The first-order valence-electron chi connectivity index (χ1n) is 8.78. The number of nitrogens with two attached hydrogens (primary N) is 1. The van der Waals surface area contributed by atoms with Crippen molar-refractivity contribution in [3.63, 3.8) is 0 Å². The number of rotatable bonds is 3. The number of aromatic nitrogens is 2. The van der Waals surface area contributed by atoms with Crippen molar-refractivity contribution in [3.05, 3.63) is 49.9 Å². The lowest BCUT2D eigenvalue weighted by atomic mass is 10.0. The van der Waals surface area contributed by atoms with Gasteiger partial charge >= 0.3 is 0 Å². The van der Waals surface area contributed by atoms with Crippen LogP contribution >= 0.6 is 46.4 Å². The van der Waals surface area contributed by atoms with Gasteiger partial charge in [-0.15, -0.1) is 0 Å². The van der Waals surface area contributed by atoms with Crippen LogP contribution in [0, 0.1) is 0 Å². The number of fused-ring (bicyclic) bond motifs is 3. The molecule has 4 rings (SSSR count). The van der Waals surface area contributed by atoms with E-state index in [4.69, 9.17) is 57.1 Å². The van der Waals surface area contributed by atoms with Crippen LogP contribution in [-0.2, 0) is 6.54 Å². The van der Waals surface area contributed by atoms with E-state index in [1.165, 1.54) is 0 Å². The largest absolute Gasteiger partial charge is 0.324 e. The number of hydrogen-bond donors (Lipinski definition) is 1. The number of anilines is 2. The van der Waals surface area contributed by atoms with Gasteiger partial charge in [-0.1, -0.05) is 59.4 Å². The number of nitrogens with zero attached hydrogens (tertiary/aromatic N) is 3. The summed E-state index contributed by atoms with van der Waals surface area (Å²) in [5, 5.41) is 2.08. The first-order chi connectivity index (χ1) is 12.9. The number of hydrogen-bond acceptors (Lipinski definition) is 3. The van der Waals surface area contributed by atoms with E-state index in [2.05, 4.69) is 11.5 Å². The van der Waals surface area contributed by atoms with Crippen molar-refractivity contribution in [1.29, 1.82) is 0 Å². The van der Waals surface area contributed by atoms with Crippen LogP contribution in [0.3, 0.4) is 0 Å². The maximum Gasteiger partial charge on any atom is 0.211 e. The molecule has 2 N–H and O–H groups in total. The quantitative estimate of drug-likeness (QED) is 0.495. The van der Waals surface area contributed by atoms with Gasteiger partial charge in [-0.2, -0.15) is 0 Å². The van der Waals surface area contributed by atoms with Crippen molar-refractivity contribution in [2.45, 2.75) is 32.4 Å². The van der Waals surface area contributed by atoms with Gasteiger partial charge in [0.1, 0.15) is 5.52 Å². The average molecular weight is 444 g/mol. The molecule has 4 nitrogen and oxygen atoms in total. The molecule has 142 valence electrons. The molecular weight excluding hydrogens is 426 g/mol. The Kier molecular flexibility index (Phi) is 5.21.